The van der Waals surface area contributed by atoms with Crippen LogP contribution in [0.1, 0.15) is 162 Å². The van der Waals surface area contributed by atoms with Gasteiger partial charge in [-0.15, -0.1) is 0 Å². The van der Waals surface area contributed by atoms with Crippen LogP contribution in [0.4, 0.5) is 0 Å². The van der Waals surface area contributed by atoms with Crippen molar-refractivity contribution in [3.05, 3.63) is 12.2 Å². The summed E-state index contributed by atoms with van der Waals surface area (Å²) in [5.41, 5.74) is 0. The summed E-state index contributed by atoms with van der Waals surface area (Å²) in [6.07, 6.45) is 29.5. The van der Waals surface area contributed by atoms with Crippen molar-refractivity contribution in [2.24, 2.45) is 0 Å². The van der Waals surface area contributed by atoms with Gasteiger partial charge in [0.05, 0.1) is 0 Å². The van der Waals surface area contributed by atoms with Crippen molar-refractivity contribution in [1.82, 2.24) is 0 Å². The van der Waals surface area contributed by atoms with Gasteiger partial charge in [0.25, 0.3) is 0 Å². The van der Waals surface area contributed by atoms with Crippen molar-refractivity contribution in [2.75, 3.05) is 0 Å². The van der Waals surface area contributed by atoms with Crippen molar-refractivity contribution < 1.29 is 19.4 Å². The Kier molecular flexibility index (Phi) is 25.3. The van der Waals surface area contributed by atoms with Gasteiger partial charge in [0, 0.05) is 6.42 Å². The summed E-state index contributed by atoms with van der Waals surface area (Å²) >= 11 is 0. The number of esters is 1. The van der Waals surface area contributed by atoms with E-state index in [9.17, 15) is 14.7 Å². The molecule has 0 spiro atoms. The molecule has 4 nitrogen and oxygen atoms in total. The molecule has 0 aromatic heterocycles. The second kappa shape index (κ2) is 26.3. The summed E-state index contributed by atoms with van der Waals surface area (Å²) in [4.78, 5) is 23.5. The van der Waals surface area contributed by atoms with E-state index in [0.717, 1.165) is 44.9 Å². The van der Waals surface area contributed by atoms with Crippen LogP contribution < -0.4 is 0 Å². The van der Waals surface area contributed by atoms with E-state index in [4.69, 9.17) is 4.74 Å². The van der Waals surface area contributed by atoms with E-state index in [-0.39, 0.29) is 5.97 Å². The molecule has 1 unspecified atom stereocenters. The smallest absolute Gasteiger partial charge is 0.345 e. The number of hydrogen-bond donors (Lipinski definition) is 1. The summed E-state index contributed by atoms with van der Waals surface area (Å²) in [6.45, 7) is 4.48. The van der Waals surface area contributed by atoms with E-state index >= 15 is 0 Å². The number of hydrogen-bond acceptors (Lipinski definition) is 3. The molecule has 0 aliphatic heterocycles. The maximum Gasteiger partial charge on any atom is 0.345 e. The fraction of sp³-hybridized carbons (Fsp3) is 0.867. The molecule has 0 amide bonds. The van der Waals surface area contributed by atoms with Gasteiger partial charge >= 0.3 is 11.9 Å². The first kappa shape index (κ1) is 32.7. The Morgan fingerprint density at radius 2 is 1.03 bits per heavy atom. The summed E-state index contributed by atoms with van der Waals surface area (Å²) in [7, 11) is 0. The molecule has 0 heterocycles. The first-order valence-corrected chi connectivity index (χ1v) is 14.7. The molecule has 0 aromatic rings. The SMILES string of the molecule is CCCCCC/C=C\CCCCCCCC(=O)OC(CCCCCCCCCCCC)C(=O)O. The van der Waals surface area contributed by atoms with Gasteiger partial charge in [0.2, 0.25) is 0 Å². The zero-order chi connectivity index (χ0) is 25.1. The molecule has 0 aliphatic rings. The second-order valence-electron chi connectivity index (χ2n) is 9.91. The Morgan fingerprint density at radius 3 is 1.53 bits per heavy atom. The molecule has 0 rings (SSSR count). The Balaban J connectivity index is 3.62. The lowest BCUT2D eigenvalue weighted by molar-refractivity contribution is -0.164. The van der Waals surface area contributed by atoms with Crippen LogP contribution in [-0.2, 0) is 14.3 Å². The van der Waals surface area contributed by atoms with Crippen LogP contribution in [0.3, 0.4) is 0 Å². The van der Waals surface area contributed by atoms with Crippen LogP contribution in [0, 0.1) is 0 Å². The summed E-state index contributed by atoms with van der Waals surface area (Å²) in [5, 5.41) is 9.37. The molecule has 0 aliphatic carbocycles. The largest absolute Gasteiger partial charge is 0.479 e. The highest BCUT2D eigenvalue weighted by molar-refractivity contribution is 5.77. The number of allylic oxidation sites excluding steroid dienone is 2. The molecule has 0 aromatic carbocycles. The average molecular weight is 481 g/mol. The maximum atomic E-state index is 12.0. The average Bonchev–Trinajstić information content (AvgIpc) is 2.82. The first-order valence-electron chi connectivity index (χ1n) is 14.7. The predicted octanol–water partition coefficient (Wildman–Crippen LogP) is 9.55. The fourth-order valence-corrected chi connectivity index (χ4v) is 4.25. The lowest BCUT2D eigenvalue weighted by Crippen LogP contribution is -2.27. The topological polar surface area (TPSA) is 63.6 Å². The monoisotopic (exact) mass is 480 g/mol. The third kappa shape index (κ3) is 23.8. The molecule has 1 N–H and O–H groups in total. The van der Waals surface area contributed by atoms with Crippen molar-refractivity contribution >= 4 is 11.9 Å². The Bertz CT molecular complexity index is 486. The number of carboxylic acid groups (broad SMARTS) is 1. The minimum Gasteiger partial charge on any atom is -0.479 e. The van der Waals surface area contributed by atoms with Crippen LogP contribution in [0.2, 0.25) is 0 Å². The van der Waals surface area contributed by atoms with E-state index in [1.807, 2.05) is 0 Å². The van der Waals surface area contributed by atoms with Gasteiger partial charge in [-0.05, 0) is 44.9 Å². The van der Waals surface area contributed by atoms with Gasteiger partial charge in [-0.25, -0.2) is 4.79 Å². The second-order valence-corrected chi connectivity index (χ2v) is 9.91. The maximum absolute atomic E-state index is 12.0. The first-order chi connectivity index (χ1) is 16.6. The minimum atomic E-state index is -1.01. The summed E-state index contributed by atoms with van der Waals surface area (Å²) in [5.74, 6) is -1.37. The lowest BCUT2D eigenvalue weighted by atomic mass is 10.0. The number of carboxylic acids is 1. The van der Waals surface area contributed by atoms with E-state index in [0.29, 0.717) is 12.8 Å². The number of rotatable bonds is 26. The van der Waals surface area contributed by atoms with Crippen LogP contribution >= 0.6 is 0 Å². The molecule has 4 heteroatoms. The standard InChI is InChI=1S/C30H56O4/c1-3-5-7-9-11-13-15-16-17-19-21-23-25-27-29(31)34-28(30(32)33)26-24-22-20-18-14-12-10-8-6-4-2/h13,15,28H,3-12,14,16-27H2,1-2H3,(H,32,33)/b15-13-. The van der Waals surface area contributed by atoms with Crippen LogP contribution in [-0.4, -0.2) is 23.1 Å². The molecule has 34 heavy (non-hydrogen) atoms. The Morgan fingerprint density at radius 1 is 0.618 bits per heavy atom. The zero-order valence-corrected chi connectivity index (χ0v) is 22.7. The van der Waals surface area contributed by atoms with E-state index < -0.39 is 12.1 Å². The minimum absolute atomic E-state index is 0.333. The molecular weight excluding hydrogens is 424 g/mol. The van der Waals surface area contributed by atoms with Gasteiger partial charge in [-0.3, -0.25) is 4.79 Å². The number of aliphatic carboxylic acids is 1. The van der Waals surface area contributed by atoms with Gasteiger partial charge in [-0.2, -0.15) is 0 Å². The number of carbonyl (C=O) groups is 2. The van der Waals surface area contributed by atoms with Gasteiger partial charge in [-0.1, -0.05) is 122 Å². The third-order valence-electron chi connectivity index (χ3n) is 6.51. The van der Waals surface area contributed by atoms with Crippen molar-refractivity contribution in [2.45, 2.75) is 168 Å². The van der Waals surface area contributed by atoms with Crippen molar-refractivity contribution in [3.63, 3.8) is 0 Å². The molecule has 0 saturated heterocycles. The molecule has 0 bridgehead atoms. The van der Waals surface area contributed by atoms with E-state index in [1.165, 1.54) is 89.9 Å². The molecule has 0 radical (unpaired) electrons. The highest BCUT2D eigenvalue weighted by atomic mass is 16.6. The van der Waals surface area contributed by atoms with Crippen LogP contribution in [0.5, 0.6) is 0 Å². The Labute approximate surface area is 211 Å². The van der Waals surface area contributed by atoms with Gasteiger partial charge in [0.15, 0.2) is 6.10 Å². The van der Waals surface area contributed by atoms with Crippen molar-refractivity contribution in [3.8, 4) is 0 Å². The van der Waals surface area contributed by atoms with E-state index in [1.54, 1.807) is 0 Å². The molecule has 1 atom stereocenters. The van der Waals surface area contributed by atoms with Gasteiger partial charge < -0.3 is 9.84 Å². The summed E-state index contributed by atoms with van der Waals surface area (Å²) in [6, 6.07) is 0. The van der Waals surface area contributed by atoms with Crippen LogP contribution in [0.25, 0.3) is 0 Å². The summed E-state index contributed by atoms with van der Waals surface area (Å²) < 4.78 is 5.25. The Hall–Kier alpha value is -1.32. The van der Waals surface area contributed by atoms with Gasteiger partial charge in [0.1, 0.15) is 0 Å². The third-order valence-corrected chi connectivity index (χ3v) is 6.51. The number of carbonyl (C=O) groups excluding carboxylic acids is 1. The molecular formula is C30H56O4. The molecule has 200 valence electrons. The normalized spacial score (nSPS) is 12.3. The number of ether oxygens (including phenoxy) is 1. The quantitative estimate of drug-likeness (QED) is 0.0760. The van der Waals surface area contributed by atoms with E-state index in [2.05, 4.69) is 26.0 Å². The molecule has 0 fully saturated rings. The van der Waals surface area contributed by atoms with Crippen LogP contribution in [0.15, 0.2) is 12.2 Å². The van der Waals surface area contributed by atoms with Crippen molar-refractivity contribution in [1.29, 1.82) is 0 Å². The highest BCUT2D eigenvalue weighted by Crippen LogP contribution is 2.15. The highest BCUT2D eigenvalue weighted by Gasteiger charge is 2.21. The zero-order valence-electron chi connectivity index (χ0n) is 22.7. The molecule has 0 saturated carbocycles. The fourth-order valence-electron chi connectivity index (χ4n) is 4.25. The predicted molar refractivity (Wildman–Crippen MR) is 144 cm³/mol. The number of unbranched alkanes of at least 4 members (excludes halogenated alkanes) is 18. The lowest BCUT2D eigenvalue weighted by Gasteiger charge is -2.13.